The Bertz CT molecular complexity index is 784. The van der Waals surface area contributed by atoms with E-state index in [1.54, 1.807) is 24.3 Å². The van der Waals surface area contributed by atoms with Crippen LogP contribution in [0.2, 0.25) is 0 Å². The summed E-state index contributed by atoms with van der Waals surface area (Å²) in [6.45, 7) is 0.493. The van der Waals surface area contributed by atoms with E-state index in [1.165, 1.54) is 4.90 Å². The lowest BCUT2D eigenvalue weighted by molar-refractivity contribution is -0.137. The fraction of sp³-hybridized carbons (Fsp3) is 0.316. The molecule has 2 N–H and O–H groups in total. The molecule has 3 rings (SSSR count). The van der Waals surface area contributed by atoms with Gasteiger partial charge < -0.3 is 19.9 Å². The van der Waals surface area contributed by atoms with Crippen molar-refractivity contribution in [2.45, 2.75) is 12.8 Å². The summed E-state index contributed by atoms with van der Waals surface area (Å²) in [5.74, 6) is -1.60. The van der Waals surface area contributed by atoms with Crippen molar-refractivity contribution >= 4 is 17.8 Å². The van der Waals surface area contributed by atoms with E-state index in [-0.39, 0.29) is 25.0 Å². The van der Waals surface area contributed by atoms with E-state index in [1.807, 2.05) is 29.1 Å². The van der Waals surface area contributed by atoms with E-state index in [0.29, 0.717) is 24.9 Å². The van der Waals surface area contributed by atoms with Gasteiger partial charge >= 0.3 is 5.97 Å². The number of hydrogen-bond acceptors (Lipinski definition) is 4. The Labute approximate surface area is 151 Å². The first-order chi connectivity index (χ1) is 12.5. The lowest BCUT2D eigenvalue weighted by Crippen LogP contribution is -2.45. The zero-order chi connectivity index (χ0) is 18.5. The van der Waals surface area contributed by atoms with E-state index in [2.05, 4.69) is 0 Å². The quantitative estimate of drug-likeness (QED) is 0.819. The van der Waals surface area contributed by atoms with Gasteiger partial charge in [-0.15, -0.1) is 0 Å². The monoisotopic (exact) mass is 355 g/mol. The Kier molecular flexibility index (Phi) is 5.36. The number of ether oxygens (including phenoxy) is 1. The van der Waals surface area contributed by atoms with E-state index < -0.39 is 11.9 Å². The number of nitrogens with zero attached hydrogens (tertiary/aromatic N) is 2. The molecule has 136 valence electrons. The first-order valence-corrected chi connectivity index (χ1v) is 8.52. The van der Waals surface area contributed by atoms with Crippen LogP contribution >= 0.6 is 0 Å². The molecule has 1 atom stereocenters. The molecule has 2 amide bonds. The molecule has 0 unspecified atom stereocenters. The molecule has 0 bridgehead atoms. The van der Waals surface area contributed by atoms with Crippen LogP contribution in [0.4, 0.5) is 0 Å². The van der Waals surface area contributed by atoms with Gasteiger partial charge in [-0.3, -0.25) is 9.59 Å². The second kappa shape index (κ2) is 7.86. The number of carbonyl (C=O) groups is 3. The van der Waals surface area contributed by atoms with Crippen LogP contribution < -0.4 is 5.73 Å². The third-order valence-electron chi connectivity index (χ3n) is 4.51. The number of carbonyl (C=O) groups excluding carboxylic acids is 3. The number of benzene rings is 1. The maximum Gasteiger partial charge on any atom is 0.338 e. The molecular weight excluding hydrogens is 334 g/mol. The number of nitrogens with two attached hydrogens (primary N) is 1. The summed E-state index contributed by atoms with van der Waals surface area (Å²) in [4.78, 5) is 37.1. The minimum absolute atomic E-state index is 0.289. The van der Waals surface area contributed by atoms with Crippen molar-refractivity contribution in [3.8, 4) is 5.69 Å². The summed E-state index contributed by atoms with van der Waals surface area (Å²) in [7, 11) is 0. The SMILES string of the molecule is NC(=O)[C@H]1CCCN(C(=O)COC(=O)c2ccc(-n3cccc3)cc2)C1. The largest absolute Gasteiger partial charge is 0.452 e. The number of aromatic nitrogens is 1. The predicted octanol–water partition coefficient (Wildman–Crippen LogP) is 1.36. The molecule has 1 aliphatic rings. The normalized spacial score (nSPS) is 16.9. The molecule has 7 nitrogen and oxygen atoms in total. The van der Waals surface area contributed by atoms with Crippen LogP contribution in [0.15, 0.2) is 48.8 Å². The highest BCUT2D eigenvalue weighted by molar-refractivity contribution is 5.91. The minimum Gasteiger partial charge on any atom is -0.452 e. The Morgan fingerprint density at radius 3 is 2.46 bits per heavy atom. The molecule has 26 heavy (non-hydrogen) atoms. The van der Waals surface area contributed by atoms with Crippen LogP contribution in [0.25, 0.3) is 5.69 Å². The highest BCUT2D eigenvalue weighted by Crippen LogP contribution is 2.16. The number of piperidine rings is 1. The van der Waals surface area contributed by atoms with Crippen molar-refractivity contribution in [1.29, 1.82) is 0 Å². The van der Waals surface area contributed by atoms with Gasteiger partial charge in [-0.05, 0) is 49.2 Å². The van der Waals surface area contributed by atoms with Crippen LogP contribution in [-0.2, 0) is 14.3 Å². The summed E-state index contributed by atoms with van der Waals surface area (Å²) in [5, 5.41) is 0. The molecule has 1 aromatic heterocycles. The topological polar surface area (TPSA) is 94.6 Å². The molecule has 1 saturated heterocycles. The minimum atomic E-state index is -0.555. The molecule has 7 heteroatoms. The zero-order valence-electron chi connectivity index (χ0n) is 14.3. The van der Waals surface area contributed by atoms with Gasteiger partial charge in [-0.25, -0.2) is 4.79 Å². The Morgan fingerprint density at radius 2 is 1.81 bits per heavy atom. The number of amides is 2. The number of hydrogen-bond donors (Lipinski definition) is 1. The highest BCUT2D eigenvalue weighted by Gasteiger charge is 2.27. The van der Waals surface area contributed by atoms with Gasteiger partial charge in [-0.1, -0.05) is 0 Å². The van der Waals surface area contributed by atoms with Crippen LogP contribution in [-0.4, -0.2) is 46.9 Å². The number of primary amides is 1. The van der Waals surface area contributed by atoms with E-state index in [9.17, 15) is 14.4 Å². The van der Waals surface area contributed by atoms with Crippen molar-refractivity contribution in [2.75, 3.05) is 19.7 Å². The smallest absolute Gasteiger partial charge is 0.338 e. The lowest BCUT2D eigenvalue weighted by atomic mass is 9.97. The fourth-order valence-electron chi connectivity index (χ4n) is 3.01. The molecule has 1 aliphatic heterocycles. The van der Waals surface area contributed by atoms with Crippen molar-refractivity contribution in [2.24, 2.45) is 11.7 Å². The van der Waals surface area contributed by atoms with Gasteiger partial charge in [0.25, 0.3) is 5.91 Å². The summed E-state index contributed by atoms with van der Waals surface area (Å²) in [6.07, 6.45) is 5.22. The van der Waals surface area contributed by atoms with Crippen molar-refractivity contribution < 1.29 is 19.1 Å². The maximum absolute atomic E-state index is 12.2. The number of esters is 1. The van der Waals surface area contributed by atoms with Gasteiger partial charge in [0.15, 0.2) is 6.61 Å². The van der Waals surface area contributed by atoms with Gasteiger partial charge in [0, 0.05) is 31.2 Å². The zero-order valence-corrected chi connectivity index (χ0v) is 14.3. The third-order valence-corrected chi connectivity index (χ3v) is 4.51. The van der Waals surface area contributed by atoms with E-state index in [0.717, 1.165) is 5.69 Å². The van der Waals surface area contributed by atoms with E-state index >= 15 is 0 Å². The molecule has 0 aliphatic carbocycles. The van der Waals surface area contributed by atoms with Crippen LogP contribution in [0.3, 0.4) is 0 Å². The third kappa shape index (κ3) is 4.11. The second-order valence-corrected chi connectivity index (χ2v) is 6.29. The molecule has 2 aromatic rings. The first-order valence-electron chi connectivity index (χ1n) is 8.52. The van der Waals surface area contributed by atoms with Crippen molar-refractivity contribution in [1.82, 2.24) is 9.47 Å². The Morgan fingerprint density at radius 1 is 1.12 bits per heavy atom. The van der Waals surface area contributed by atoms with Gasteiger partial charge in [0.1, 0.15) is 0 Å². The number of likely N-dealkylation sites (tertiary alicyclic amines) is 1. The summed E-state index contributed by atoms with van der Waals surface area (Å²) < 4.78 is 7.04. The Hall–Kier alpha value is -3.09. The fourth-order valence-corrected chi connectivity index (χ4v) is 3.01. The molecule has 1 aromatic carbocycles. The maximum atomic E-state index is 12.2. The summed E-state index contributed by atoms with van der Waals surface area (Å²) in [5.41, 5.74) is 6.61. The van der Waals surface area contributed by atoms with Gasteiger partial charge in [0.05, 0.1) is 11.5 Å². The first kappa shape index (κ1) is 17.7. The van der Waals surface area contributed by atoms with Gasteiger partial charge in [-0.2, -0.15) is 0 Å². The second-order valence-electron chi connectivity index (χ2n) is 6.29. The molecule has 0 saturated carbocycles. The average molecular weight is 355 g/mol. The molecule has 0 spiro atoms. The predicted molar refractivity (Wildman–Crippen MR) is 94.5 cm³/mol. The van der Waals surface area contributed by atoms with Crippen molar-refractivity contribution in [3.05, 3.63) is 54.4 Å². The van der Waals surface area contributed by atoms with Gasteiger partial charge in [0.2, 0.25) is 5.91 Å². The van der Waals surface area contributed by atoms with E-state index in [4.69, 9.17) is 10.5 Å². The number of rotatable bonds is 5. The molecule has 0 radical (unpaired) electrons. The molecular formula is C19H21N3O4. The van der Waals surface area contributed by atoms with Crippen molar-refractivity contribution in [3.63, 3.8) is 0 Å². The van der Waals surface area contributed by atoms with Crippen LogP contribution in [0.1, 0.15) is 23.2 Å². The highest BCUT2D eigenvalue weighted by atomic mass is 16.5. The van der Waals surface area contributed by atoms with Crippen LogP contribution in [0, 0.1) is 5.92 Å². The average Bonchev–Trinajstić information content (AvgIpc) is 3.21. The summed E-state index contributed by atoms with van der Waals surface area (Å²) >= 11 is 0. The Balaban J connectivity index is 1.53. The lowest BCUT2D eigenvalue weighted by Gasteiger charge is -2.31. The standard InChI is InChI=1S/C19H21N3O4/c20-18(24)15-4-3-11-22(12-15)17(23)13-26-19(25)14-5-7-16(8-6-14)21-9-1-2-10-21/h1-2,5-10,15H,3-4,11-13H2,(H2,20,24)/t15-/m0/s1. The summed E-state index contributed by atoms with van der Waals surface area (Å²) in [6, 6.07) is 10.8. The van der Waals surface area contributed by atoms with Crippen LogP contribution in [0.5, 0.6) is 0 Å². The molecule has 2 heterocycles. The molecule has 1 fully saturated rings.